The van der Waals surface area contributed by atoms with E-state index < -0.39 is 10.2 Å². The maximum absolute atomic E-state index is 13.4. The fraction of sp³-hybridized carbons (Fsp3) is 0.409. The van der Waals surface area contributed by atoms with Gasteiger partial charge in [0.25, 0.3) is 10.2 Å². The van der Waals surface area contributed by atoms with Crippen molar-refractivity contribution in [3.8, 4) is 0 Å². The Hall–Kier alpha value is -1.87. The molecule has 2 fully saturated rings. The van der Waals surface area contributed by atoms with Crippen molar-refractivity contribution in [1.29, 1.82) is 0 Å². The van der Waals surface area contributed by atoms with E-state index in [0.29, 0.717) is 39.3 Å². The van der Waals surface area contributed by atoms with E-state index in [0.717, 1.165) is 23.3 Å². The fourth-order valence-electron chi connectivity index (χ4n) is 3.91. The molecule has 2 aliphatic heterocycles. The molecule has 2 aromatic rings. The molecule has 4 rings (SSSR count). The zero-order valence-corrected chi connectivity index (χ0v) is 18.5. The molecule has 2 saturated heterocycles. The summed E-state index contributed by atoms with van der Waals surface area (Å²) in [5, 5.41) is -0.352. The van der Waals surface area contributed by atoms with Gasteiger partial charge in [-0.15, -0.1) is 11.8 Å². The SMILES string of the molecule is O=C([C@H](Sc1ccccc1)c1ccccc1)N1CCN(S(=O)(=O)N2CCCC2)CC1. The van der Waals surface area contributed by atoms with Gasteiger partial charge < -0.3 is 4.90 Å². The summed E-state index contributed by atoms with van der Waals surface area (Å²) < 4.78 is 28.7. The Kier molecular flexibility index (Phi) is 6.77. The van der Waals surface area contributed by atoms with Crippen LogP contribution in [0.3, 0.4) is 0 Å². The smallest absolute Gasteiger partial charge is 0.282 e. The zero-order valence-electron chi connectivity index (χ0n) is 16.9. The van der Waals surface area contributed by atoms with Crippen molar-refractivity contribution < 1.29 is 13.2 Å². The molecule has 0 N–H and O–H groups in total. The van der Waals surface area contributed by atoms with Gasteiger partial charge >= 0.3 is 0 Å². The number of hydrogen-bond donors (Lipinski definition) is 0. The predicted octanol–water partition coefficient (Wildman–Crippen LogP) is 3.00. The van der Waals surface area contributed by atoms with Crippen LogP contribution < -0.4 is 0 Å². The van der Waals surface area contributed by atoms with Crippen LogP contribution in [0.5, 0.6) is 0 Å². The molecule has 2 heterocycles. The Morgan fingerprint density at radius 1 is 0.767 bits per heavy atom. The summed E-state index contributed by atoms with van der Waals surface area (Å²) in [6.07, 6.45) is 1.85. The van der Waals surface area contributed by atoms with Gasteiger partial charge in [0, 0.05) is 44.2 Å². The second-order valence-electron chi connectivity index (χ2n) is 7.56. The van der Waals surface area contributed by atoms with E-state index in [2.05, 4.69) is 0 Å². The van der Waals surface area contributed by atoms with Gasteiger partial charge in [-0.25, -0.2) is 0 Å². The number of amides is 1. The molecule has 1 atom stereocenters. The molecule has 2 aliphatic rings. The van der Waals surface area contributed by atoms with Crippen molar-refractivity contribution >= 4 is 27.9 Å². The third-order valence-corrected chi connectivity index (χ3v) is 8.88. The van der Waals surface area contributed by atoms with E-state index in [1.807, 2.05) is 65.6 Å². The van der Waals surface area contributed by atoms with E-state index in [9.17, 15) is 13.2 Å². The van der Waals surface area contributed by atoms with Crippen LogP contribution in [-0.4, -0.2) is 67.1 Å². The first kappa shape index (κ1) is 21.4. The Morgan fingerprint density at radius 2 is 1.30 bits per heavy atom. The molecule has 0 aromatic heterocycles. The van der Waals surface area contributed by atoms with Crippen LogP contribution in [0.15, 0.2) is 65.6 Å². The van der Waals surface area contributed by atoms with Crippen molar-refractivity contribution in [3.05, 3.63) is 66.2 Å². The van der Waals surface area contributed by atoms with Gasteiger partial charge in [0.15, 0.2) is 0 Å². The lowest BCUT2D eigenvalue weighted by atomic mass is 10.1. The summed E-state index contributed by atoms with van der Waals surface area (Å²) in [6, 6.07) is 19.7. The van der Waals surface area contributed by atoms with Crippen LogP contribution in [0.4, 0.5) is 0 Å². The summed E-state index contributed by atoms with van der Waals surface area (Å²) in [4.78, 5) is 16.3. The van der Waals surface area contributed by atoms with Gasteiger partial charge in [-0.2, -0.15) is 17.0 Å². The fourth-order valence-corrected chi connectivity index (χ4v) is 6.71. The molecule has 8 heteroatoms. The number of benzene rings is 2. The molecular formula is C22H27N3O3S2. The first-order valence-corrected chi connectivity index (χ1v) is 12.6. The minimum Gasteiger partial charge on any atom is -0.339 e. The molecule has 0 saturated carbocycles. The summed E-state index contributed by atoms with van der Waals surface area (Å²) in [6.45, 7) is 2.75. The first-order chi connectivity index (χ1) is 14.6. The van der Waals surface area contributed by atoms with Crippen LogP contribution in [0, 0.1) is 0 Å². The Balaban J connectivity index is 1.46. The number of carbonyl (C=O) groups is 1. The van der Waals surface area contributed by atoms with Crippen LogP contribution in [0.1, 0.15) is 23.7 Å². The highest BCUT2D eigenvalue weighted by Gasteiger charge is 2.36. The predicted molar refractivity (Wildman–Crippen MR) is 119 cm³/mol. The van der Waals surface area contributed by atoms with Gasteiger partial charge in [0.1, 0.15) is 5.25 Å². The number of hydrogen-bond acceptors (Lipinski definition) is 4. The molecule has 0 spiro atoms. The van der Waals surface area contributed by atoms with E-state index in [1.165, 1.54) is 16.1 Å². The number of nitrogens with zero attached hydrogens (tertiary/aromatic N) is 3. The highest BCUT2D eigenvalue weighted by atomic mass is 32.2. The van der Waals surface area contributed by atoms with Gasteiger partial charge in [-0.1, -0.05) is 48.5 Å². The third kappa shape index (κ3) is 4.72. The number of piperazine rings is 1. The number of thioether (sulfide) groups is 1. The number of rotatable bonds is 6. The molecular weight excluding hydrogens is 418 g/mol. The average molecular weight is 446 g/mol. The Labute approximate surface area is 183 Å². The summed E-state index contributed by atoms with van der Waals surface area (Å²) in [5.74, 6) is 0.0354. The van der Waals surface area contributed by atoms with E-state index in [-0.39, 0.29) is 11.2 Å². The van der Waals surface area contributed by atoms with Crippen molar-refractivity contribution in [2.45, 2.75) is 23.0 Å². The highest BCUT2D eigenvalue weighted by Crippen LogP contribution is 2.37. The molecule has 1 amide bonds. The number of carbonyl (C=O) groups excluding carboxylic acids is 1. The maximum Gasteiger partial charge on any atom is 0.282 e. The van der Waals surface area contributed by atoms with Crippen molar-refractivity contribution in [1.82, 2.24) is 13.5 Å². The first-order valence-electron chi connectivity index (χ1n) is 10.4. The topological polar surface area (TPSA) is 60.9 Å². The van der Waals surface area contributed by atoms with E-state index in [1.54, 1.807) is 4.31 Å². The quantitative estimate of drug-likeness (QED) is 0.642. The largest absolute Gasteiger partial charge is 0.339 e. The van der Waals surface area contributed by atoms with Crippen LogP contribution in [-0.2, 0) is 15.0 Å². The maximum atomic E-state index is 13.4. The van der Waals surface area contributed by atoms with Gasteiger partial charge in [-0.05, 0) is 30.5 Å². The van der Waals surface area contributed by atoms with Crippen LogP contribution >= 0.6 is 11.8 Å². The highest BCUT2D eigenvalue weighted by molar-refractivity contribution is 8.00. The van der Waals surface area contributed by atoms with Gasteiger partial charge in [0.2, 0.25) is 5.91 Å². The lowest BCUT2D eigenvalue weighted by molar-refractivity contribution is -0.131. The van der Waals surface area contributed by atoms with Crippen molar-refractivity contribution in [2.24, 2.45) is 0 Å². The molecule has 2 aromatic carbocycles. The average Bonchev–Trinajstić information content (AvgIpc) is 3.34. The Morgan fingerprint density at radius 3 is 1.90 bits per heavy atom. The monoisotopic (exact) mass is 445 g/mol. The zero-order chi connectivity index (χ0) is 21.0. The minimum atomic E-state index is -3.41. The second kappa shape index (κ2) is 9.51. The van der Waals surface area contributed by atoms with Gasteiger partial charge in [0.05, 0.1) is 0 Å². The lowest BCUT2D eigenvalue weighted by Gasteiger charge is -2.37. The minimum absolute atomic E-state index is 0.0354. The van der Waals surface area contributed by atoms with E-state index in [4.69, 9.17) is 0 Å². The van der Waals surface area contributed by atoms with Crippen molar-refractivity contribution in [3.63, 3.8) is 0 Å². The molecule has 160 valence electrons. The molecule has 0 radical (unpaired) electrons. The lowest BCUT2D eigenvalue weighted by Crippen LogP contribution is -2.54. The van der Waals surface area contributed by atoms with Crippen molar-refractivity contribution in [2.75, 3.05) is 39.3 Å². The Bertz CT molecular complexity index is 940. The molecule has 30 heavy (non-hydrogen) atoms. The molecule has 0 unspecified atom stereocenters. The second-order valence-corrected chi connectivity index (χ2v) is 10.7. The molecule has 0 aliphatic carbocycles. The van der Waals surface area contributed by atoms with Crippen LogP contribution in [0.25, 0.3) is 0 Å². The van der Waals surface area contributed by atoms with E-state index >= 15 is 0 Å². The molecule has 6 nitrogen and oxygen atoms in total. The summed E-state index contributed by atoms with van der Waals surface area (Å²) >= 11 is 1.54. The third-order valence-electron chi connectivity index (χ3n) is 5.59. The van der Waals surface area contributed by atoms with Crippen LogP contribution in [0.2, 0.25) is 0 Å². The summed E-state index contributed by atoms with van der Waals surface area (Å²) in [5.41, 5.74) is 0.962. The molecule has 0 bridgehead atoms. The normalized spacial score (nSPS) is 19.7. The van der Waals surface area contributed by atoms with Gasteiger partial charge in [-0.3, -0.25) is 4.79 Å². The standard InChI is InChI=1S/C22H27N3O3S2/c26-22(21(19-9-3-1-4-10-19)29-20-11-5-2-6-12-20)23-15-17-25(18-16-23)30(27,28)24-13-7-8-14-24/h1-6,9-12,21H,7-8,13-18H2/t21-/m1/s1. The summed E-state index contributed by atoms with van der Waals surface area (Å²) in [7, 11) is -3.41.